The topological polar surface area (TPSA) is 24.5 Å². The molecule has 0 bridgehead atoms. The van der Waals surface area contributed by atoms with Crippen molar-refractivity contribution in [2.24, 2.45) is 0 Å². The van der Waals surface area contributed by atoms with E-state index in [9.17, 15) is 0 Å². The Kier molecular flexibility index (Phi) is 4.73. The molecule has 2 aromatic carbocycles. The lowest BCUT2D eigenvalue weighted by Crippen LogP contribution is -2.12. The molecule has 0 saturated heterocycles. The number of nitrogens with zero attached hydrogens (tertiary/aromatic N) is 1. The Morgan fingerprint density at radius 3 is 2.52 bits per heavy atom. The molecule has 0 aromatic heterocycles. The number of hydrogen-bond acceptors (Lipinski definition) is 3. The summed E-state index contributed by atoms with van der Waals surface area (Å²) >= 11 is 0. The van der Waals surface area contributed by atoms with Crippen LogP contribution in [0.3, 0.4) is 0 Å². The normalized spacial score (nSPS) is 11.9. The molecule has 1 N–H and O–H groups in total. The van der Waals surface area contributed by atoms with Gasteiger partial charge < -0.3 is 15.0 Å². The van der Waals surface area contributed by atoms with Crippen molar-refractivity contribution in [3.63, 3.8) is 0 Å². The predicted octanol–water partition coefficient (Wildman–Crippen LogP) is 4.24. The lowest BCUT2D eigenvalue weighted by atomic mass is 10.1. The molecule has 1 unspecified atom stereocenters. The van der Waals surface area contributed by atoms with Crippen LogP contribution in [-0.2, 0) is 0 Å². The second-order valence-corrected chi connectivity index (χ2v) is 5.54. The quantitative estimate of drug-likeness (QED) is 0.888. The summed E-state index contributed by atoms with van der Waals surface area (Å²) in [5, 5.41) is 3.55. The van der Waals surface area contributed by atoms with Gasteiger partial charge in [-0.1, -0.05) is 18.2 Å². The van der Waals surface area contributed by atoms with Gasteiger partial charge in [0.25, 0.3) is 0 Å². The van der Waals surface area contributed by atoms with Crippen LogP contribution in [0.1, 0.15) is 24.1 Å². The summed E-state index contributed by atoms with van der Waals surface area (Å²) in [6, 6.07) is 14.8. The van der Waals surface area contributed by atoms with Gasteiger partial charge in [0, 0.05) is 31.5 Å². The summed E-state index contributed by atoms with van der Waals surface area (Å²) in [5.41, 5.74) is 4.85. The largest absolute Gasteiger partial charge is 0.497 e. The Morgan fingerprint density at radius 2 is 1.86 bits per heavy atom. The minimum absolute atomic E-state index is 0.220. The van der Waals surface area contributed by atoms with E-state index in [4.69, 9.17) is 4.74 Å². The molecule has 0 fully saturated rings. The third-order valence-corrected chi connectivity index (χ3v) is 3.67. The van der Waals surface area contributed by atoms with Crippen LogP contribution in [0, 0.1) is 6.92 Å². The third kappa shape index (κ3) is 3.69. The van der Waals surface area contributed by atoms with Gasteiger partial charge in [0.05, 0.1) is 7.11 Å². The molecule has 0 spiro atoms. The van der Waals surface area contributed by atoms with Crippen LogP contribution < -0.4 is 15.0 Å². The molecule has 2 rings (SSSR count). The number of ether oxygens (including phenoxy) is 1. The van der Waals surface area contributed by atoms with Crippen LogP contribution in [0.15, 0.2) is 42.5 Å². The van der Waals surface area contributed by atoms with Gasteiger partial charge in [0.1, 0.15) is 5.75 Å². The van der Waals surface area contributed by atoms with Crippen LogP contribution >= 0.6 is 0 Å². The van der Waals surface area contributed by atoms with Crippen molar-refractivity contribution in [2.75, 3.05) is 31.4 Å². The SMILES string of the molecule is COc1cccc(C(C)Nc2ccc(C)c(N(C)C)c2)c1. The van der Waals surface area contributed by atoms with Crippen LogP contribution in [0.5, 0.6) is 5.75 Å². The van der Waals surface area contributed by atoms with Gasteiger partial charge in [-0.3, -0.25) is 0 Å². The van der Waals surface area contributed by atoms with E-state index in [1.54, 1.807) is 7.11 Å². The molecule has 3 heteroatoms. The summed E-state index contributed by atoms with van der Waals surface area (Å²) in [7, 11) is 5.83. The second kappa shape index (κ2) is 6.53. The number of rotatable bonds is 5. The van der Waals surface area contributed by atoms with Crippen molar-refractivity contribution in [3.05, 3.63) is 53.6 Å². The number of hydrogen-bond donors (Lipinski definition) is 1. The standard InChI is InChI=1S/C18H24N2O/c1-13-9-10-16(12-18(13)20(3)4)19-14(2)15-7-6-8-17(11-15)21-5/h6-12,14,19H,1-5H3. The molecule has 0 radical (unpaired) electrons. The Hall–Kier alpha value is -2.16. The van der Waals surface area contributed by atoms with Crippen molar-refractivity contribution < 1.29 is 4.74 Å². The highest BCUT2D eigenvalue weighted by Gasteiger charge is 2.08. The molecule has 2 aromatic rings. The van der Waals surface area contributed by atoms with E-state index < -0.39 is 0 Å². The van der Waals surface area contributed by atoms with E-state index in [0.717, 1.165) is 11.4 Å². The monoisotopic (exact) mass is 284 g/mol. The summed E-state index contributed by atoms with van der Waals surface area (Å²) < 4.78 is 5.29. The van der Waals surface area contributed by atoms with Crippen molar-refractivity contribution in [3.8, 4) is 5.75 Å². The van der Waals surface area contributed by atoms with Gasteiger partial charge in [-0.15, -0.1) is 0 Å². The van der Waals surface area contributed by atoms with E-state index >= 15 is 0 Å². The second-order valence-electron chi connectivity index (χ2n) is 5.54. The first-order chi connectivity index (χ1) is 10.0. The molecule has 0 aliphatic carbocycles. The summed E-state index contributed by atoms with van der Waals surface area (Å²) in [4.78, 5) is 2.14. The highest BCUT2D eigenvalue weighted by molar-refractivity contribution is 5.62. The lowest BCUT2D eigenvalue weighted by Gasteiger charge is -2.20. The van der Waals surface area contributed by atoms with E-state index in [1.165, 1.54) is 16.8 Å². The average Bonchev–Trinajstić information content (AvgIpc) is 2.49. The zero-order valence-electron chi connectivity index (χ0n) is 13.5. The fraction of sp³-hybridized carbons (Fsp3) is 0.333. The fourth-order valence-electron chi connectivity index (χ4n) is 2.43. The lowest BCUT2D eigenvalue weighted by molar-refractivity contribution is 0.414. The predicted molar refractivity (Wildman–Crippen MR) is 90.5 cm³/mol. The molecule has 0 saturated carbocycles. The van der Waals surface area contributed by atoms with Crippen LogP contribution in [0.2, 0.25) is 0 Å². The van der Waals surface area contributed by atoms with Crippen LogP contribution in [-0.4, -0.2) is 21.2 Å². The minimum Gasteiger partial charge on any atom is -0.497 e. The van der Waals surface area contributed by atoms with Crippen LogP contribution in [0.4, 0.5) is 11.4 Å². The van der Waals surface area contributed by atoms with Crippen LogP contribution in [0.25, 0.3) is 0 Å². The van der Waals surface area contributed by atoms with E-state index in [2.05, 4.69) is 68.5 Å². The third-order valence-electron chi connectivity index (χ3n) is 3.67. The molecule has 1 atom stereocenters. The van der Waals surface area contributed by atoms with Gasteiger partial charge in [0.15, 0.2) is 0 Å². The van der Waals surface area contributed by atoms with Gasteiger partial charge >= 0.3 is 0 Å². The summed E-state index contributed by atoms with van der Waals surface area (Å²) in [6.07, 6.45) is 0. The molecule has 0 aliphatic rings. The first kappa shape index (κ1) is 15.2. The Balaban J connectivity index is 2.19. The van der Waals surface area contributed by atoms with Crippen molar-refractivity contribution in [1.29, 1.82) is 0 Å². The van der Waals surface area contributed by atoms with Crippen molar-refractivity contribution in [1.82, 2.24) is 0 Å². The summed E-state index contributed by atoms with van der Waals surface area (Å²) in [6.45, 7) is 4.29. The molecule has 0 aliphatic heterocycles. The fourth-order valence-corrected chi connectivity index (χ4v) is 2.43. The molecular weight excluding hydrogens is 260 g/mol. The molecule has 21 heavy (non-hydrogen) atoms. The maximum absolute atomic E-state index is 5.29. The van der Waals surface area contributed by atoms with Crippen molar-refractivity contribution in [2.45, 2.75) is 19.9 Å². The molecule has 3 nitrogen and oxygen atoms in total. The first-order valence-corrected chi connectivity index (χ1v) is 7.19. The number of nitrogens with one attached hydrogen (secondary N) is 1. The molecule has 112 valence electrons. The molecule has 0 amide bonds. The van der Waals surface area contributed by atoms with E-state index in [0.29, 0.717) is 0 Å². The van der Waals surface area contributed by atoms with E-state index in [-0.39, 0.29) is 6.04 Å². The number of aryl methyl sites for hydroxylation is 1. The molecule has 0 heterocycles. The van der Waals surface area contributed by atoms with Gasteiger partial charge in [0.2, 0.25) is 0 Å². The van der Waals surface area contributed by atoms with Gasteiger partial charge in [-0.05, 0) is 49.2 Å². The van der Waals surface area contributed by atoms with Crippen molar-refractivity contribution >= 4 is 11.4 Å². The highest BCUT2D eigenvalue weighted by Crippen LogP contribution is 2.27. The maximum Gasteiger partial charge on any atom is 0.119 e. The number of anilines is 2. The first-order valence-electron chi connectivity index (χ1n) is 7.19. The zero-order chi connectivity index (χ0) is 15.4. The number of benzene rings is 2. The zero-order valence-corrected chi connectivity index (χ0v) is 13.5. The average molecular weight is 284 g/mol. The smallest absolute Gasteiger partial charge is 0.119 e. The number of methoxy groups -OCH3 is 1. The Morgan fingerprint density at radius 1 is 1.10 bits per heavy atom. The Bertz CT molecular complexity index is 608. The van der Waals surface area contributed by atoms with Gasteiger partial charge in [-0.25, -0.2) is 0 Å². The minimum atomic E-state index is 0.220. The highest BCUT2D eigenvalue weighted by atomic mass is 16.5. The van der Waals surface area contributed by atoms with Gasteiger partial charge in [-0.2, -0.15) is 0 Å². The molecular formula is C18H24N2O. The van der Waals surface area contributed by atoms with E-state index in [1.807, 2.05) is 12.1 Å². The summed E-state index contributed by atoms with van der Waals surface area (Å²) in [5.74, 6) is 0.888. The maximum atomic E-state index is 5.29. The Labute approximate surface area is 127 Å².